The van der Waals surface area contributed by atoms with Crippen molar-refractivity contribution in [3.05, 3.63) is 74.5 Å². The number of hydrogen-bond acceptors (Lipinski definition) is 3. The zero-order valence-corrected chi connectivity index (χ0v) is 10.9. The first-order chi connectivity index (χ1) is 9.49. The van der Waals surface area contributed by atoms with Gasteiger partial charge >= 0.3 is 0 Å². The van der Waals surface area contributed by atoms with E-state index in [2.05, 4.69) is 0 Å². The average molecular weight is 294 g/mol. The average Bonchev–Trinajstić information content (AvgIpc) is 2.42. The quantitative estimate of drug-likeness (QED) is 0.489. The van der Waals surface area contributed by atoms with Crippen molar-refractivity contribution >= 4 is 23.1 Å². The van der Waals surface area contributed by atoms with Crippen LogP contribution in [0.15, 0.2) is 42.5 Å². The first kappa shape index (κ1) is 14.1. The highest BCUT2D eigenvalue weighted by atomic mass is 35.5. The summed E-state index contributed by atoms with van der Waals surface area (Å²) in [6, 6.07) is 9.61. The Kier molecular flexibility index (Phi) is 4.10. The summed E-state index contributed by atoms with van der Waals surface area (Å²) in [6.07, 6.45) is -0.140. The Morgan fingerprint density at radius 3 is 2.60 bits per heavy atom. The van der Waals surface area contributed by atoms with E-state index < -0.39 is 10.7 Å². The van der Waals surface area contributed by atoms with Gasteiger partial charge in [-0.1, -0.05) is 29.8 Å². The minimum Gasteiger partial charge on any atom is -0.294 e. The first-order valence-electron chi connectivity index (χ1n) is 5.69. The smallest absolute Gasteiger partial charge is 0.273 e. The van der Waals surface area contributed by atoms with Gasteiger partial charge in [0.2, 0.25) is 0 Å². The molecule has 4 nitrogen and oxygen atoms in total. The van der Waals surface area contributed by atoms with Crippen LogP contribution >= 0.6 is 11.6 Å². The van der Waals surface area contributed by atoms with Crippen LogP contribution in [0.5, 0.6) is 0 Å². The normalized spacial score (nSPS) is 10.3. The topological polar surface area (TPSA) is 60.2 Å². The van der Waals surface area contributed by atoms with E-state index in [-0.39, 0.29) is 28.5 Å². The second-order valence-electron chi connectivity index (χ2n) is 4.11. The third-order valence-electron chi connectivity index (χ3n) is 2.78. The number of Topliss-reactive ketones (excluding diaryl/α,β-unsaturated/α-hetero) is 1. The van der Waals surface area contributed by atoms with Crippen molar-refractivity contribution in [3.63, 3.8) is 0 Å². The number of carbonyl (C=O) groups is 1. The number of ketones is 1. The molecule has 102 valence electrons. The molecule has 0 spiro atoms. The number of halogens is 2. The number of benzene rings is 2. The van der Waals surface area contributed by atoms with Crippen LogP contribution in [0.4, 0.5) is 10.1 Å². The zero-order chi connectivity index (χ0) is 14.7. The Morgan fingerprint density at radius 1 is 1.25 bits per heavy atom. The van der Waals surface area contributed by atoms with Gasteiger partial charge in [0, 0.05) is 23.6 Å². The van der Waals surface area contributed by atoms with Crippen molar-refractivity contribution in [1.82, 2.24) is 0 Å². The summed E-state index contributed by atoms with van der Waals surface area (Å²) >= 11 is 5.61. The lowest BCUT2D eigenvalue weighted by Crippen LogP contribution is -2.06. The van der Waals surface area contributed by atoms with Crippen LogP contribution in [-0.4, -0.2) is 10.7 Å². The molecule has 0 fully saturated rings. The minimum absolute atomic E-state index is 0.117. The van der Waals surface area contributed by atoms with Gasteiger partial charge in [-0.2, -0.15) is 0 Å². The molecule has 0 aliphatic carbocycles. The molecule has 0 aliphatic heterocycles. The van der Waals surface area contributed by atoms with Crippen molar-refractivity contribution in [1.29, 1.82) is 0 Å². The van der Waals surface area contributed by atoms with Crippen molar-refractivity contribution < 1.29 is 14.1 Å². The molecule has 0 bridgehead atoms. The van der Waals surface area contributed by atoms with E-state index in [0.29, 0.717) is 5.56 Å². The molecule has 2 aromatic rings. The van der Waals surface area contributed by atoms with Gasteiger partial charge in [0.1, 0.15) is 5.82 Å². The highest BCUT2D eigenvalue weighted by Crippen LogP contribution is 2.21. The van der Waals surface area contributed by atoms with Crippen LogP contribution in [0, 0.1) is 15.9 Å². The van der Waals surface area contributed by atoms with Gasteiger partial charge in [0.15, 0.2) is 5.78 Å². The summed E-state index contributed by atoms with van der Waals surface area (Å²) in [4.78, 5) is 22.4. The number of carbonyl (C=O) groups excluding carboxylic acids is 1. The number of para-hydroxylation sites is 1. The molecule has 0 aromatic heterocycles. The largest absolute Gasteiger partial charge is 0.294 e. The number of hydrogen-bond donors (Lipinski definition) is 0. The summed E-state index contributed by atoms with van der Waals surface area (Å²) in [6.45, 7) is 0. The van der Waals surface area contributed by atoms with Gasteiger partial charge < -0.3 is 0 Å². The SMILES string of the molecule is O=C(Cc1ccccc1[N+](=O)[O-])c1ccc(F)c(Cl)c1. The molecule has 0 saturated carbocycles. The Labute approximate surface area is 119 Å². The van der Waals surface area contributed by atoms with Gasteiger partial charge in [-0.3, -0.25) is 14.9 Å². The predicted octanol–water partition coefficient (Wildman–Crippen LogP) is 3.81. The van der Waals surface area contributed by atoms with Gasteiger partial charge in [0.05, 0.1) is 9.95 Å². The molecule has 2 aromatic carbocycles. The summed E-state index contributed by atoms with van der Waals surface area (Å²) in [7, 11) is 0. The second-order valence-corrected chi connectivity index (χ2v) is 4.52. The third-order valence-corrected chi connectivity index (χ3v) is 3.07. The lowest BCUT2D eigenvalue weighted by atomic mass is 10.0. The van der Waals surface area contributed by atoms with E-state index >= 15 is 0 Å². The number of rotatable bonds is 4. The molecule has 0 aliphatic rings. The third kappa shape index (κ3) is 3.00. The van der Waals surface area contributed by atoms with E-state index in [1.54, 1.807) is 6.07 Å². The van der Waals surface area contributed by atoms with Crippen LogP contribution in [0.3, 0.4) is 0 Å². The molecule has 0 heterocycles. The minimum atomic E-state index is -0.617. The van der Waals surface area contributed by atoms with E-state index in [1.807, 2.05) is 0 Å². The highest BCUT2D eigenvalue weighted by molar-refractivity contribution is 6.31. The van der Waals surface area contributed by atoms with E-state index in [4.69, 9.17) is 11.6 Å². The molecule has 0 atom stereocenters. The molecular weight excluding hydrogens is 285 g/mol. The molecule has 0 radical (unpaired) electrons. The lowest BCUT2D eigenvalue weighted by Gasteiger charge is -2.03. The van der Waals surface area contributed by atoms with Crippen molar-refractivity contribution in [2.45, 2.75) is 6.42 Å². The van der Waals surface area contributed by atoms with Crippen LogP contribution in [0.2, 0.25) is 5.02 Å². The fourth-order valence-corrected chi connectivity index (χ4v) is 1.96. The number of nitro benzene ring substituents is 1. The molecule has 20 heavy (non-hydrogen) atoms. The molecule has 6 heteroatoms. The lowest BCUT2D eigenvalue weighted by molar-refractivity contribution is -0.385. The van der Waals surface area contributed by atoms with E-state index in [0.717, 1.165) is 6.07 Å². The maximum Gasteiger partial charge on any atom is 0.273 e. The maximum absolute atomic E-state index is 13.0. The first-order valence-corrected chi connectivity index (χ1v) is 6.07. The summed E-state index contributed by atoms with van der Waals surface area (Å²) in [5, 5.41) is 10.7. The predicted molar refractivity (Wildman–Crippen MR) is 72.5 cm³/mol. The van der Waals surface area contributed by atoms with Crippen molar-refractivity contribution in [3.8, 4) is 0 Å². The Morgan fingerprint density at radius 2 is 1.95 bits per heavy atom. The van der Waals surface area contributed by atoms with Gasteiger partial charge in [0.25, 0.3) is 5.69 Å². The number of nitro groups is 1. The van der Waals surface area contributed by atoms with Gasteiger partial charge in [-0.25, -0.2) is 4.39 Å². The number of nitrogens with zero attached hydrogens (tertiary/aromatic N) is 1. The fourth-order valence-electron chi connectivity index (χ4n) is 1.78. The highest BCUT2D eigenvalue weighted by Gasteiger charge is 2.17. The van der Waals surface area contributed by atoms with Crippen LogP contribution in [0.25, 0.3) is 0 Å². The Hall–Kier alpha value is -2.27. The second kappa shape index (κ2) is 5.79. The Bertz CT molecular complexity index is 688. The van der Waals surface area contributed by atoms with Gasteiger partial charge in [-0.05, 0) is 18.2 Å². The van der Waals surface area contributed by atoms with E-state index in [1.165, 1.54) is 30.3 Å². The molecule has 2 rings (SSSR count). The molecule has 0 saturated heterocycles. The van der Waals surface area contributed by atoms with E-state index in [9.17, 15) is 19.3 Å². The van der Waals surface area contributed by atoms with Gasteiger partial charge in [-0.15, -0.1) is 0 Å². The van der Waals surface area contributed by atoms with Crippen molar-refractivity contribution in [2.24, 2.45) is 0 Å². The maximum atomic E-state index is 13.0. The fraction of sp³-hybridized carbons (Fsp3) is 0.0714. The standard InChI is InChI=1S/C14H9ClFNO3/c15-11-7-10(5-6-12(11)16)14(18)8-9-3-1-2-4-13(9)17(19)20/h1-7H,8H2. The van der Waals surface area contributed by atoms with Crippen LogP contribution < -0.4 is 0 Å². The summed E-state index contributed by atoms with van der Waals surface area (Å²) in [5.41, 5.74) is 0.409. The summed E-state index contributed by atoms with van der Waals surface area (Å²) < 4.78 is 13.0. The van der Waals surface area contributed by atoms with Crippen LogP contribution in [0.1, 0.15) is 15.9 Å². The zero-order valence-electron chi connectivity index (χ0n) is 10.2. The summed E-state index contributed by atoms with van der Waals surface area (Å²) in [5.74, 6) is -0.977. The molecular formula is C14H9ClFNO3. The molecule has 0 unspecified atom stereocenters. The molecule has 0 amide bonds. The van der Waals surface area contributed by atoms with Crippen LogP contribution in [-0.2, 0) is 6.42 Å². The van der Waals surface area contributed by atoms with Crippen molar-refractivity contribution in [2.75, 3.05) is 0 Å². The Balaban J connectivity index is 2.28. The monoisotopic (exact) mass is 293 g/mol. The molecule has 0 N–H and O–H groups in total.